The Kier molecular flexibility index (Phi) is 4.49. The van der Waals surface area contributed by atoms with Crippen LogP contribution in [0.1, 0.15) is 20.6 Å². The van der Waals surface area contributed by atoms with Gasteiger partial charge in [0.2, 0.25) is 0 Å². The second-order valence-corrected chi connectivity index (χ2v) is 14.0. The molecule has 0 aliphatic rings. The number of hydrogen-bond acceptors (Lipinski definition) is 1. The summed E-state index contributed by atoms with van der Waals surface area (Å²) in [6, 6.07) is 27.2. The van der Waals surface area contributed by atoms with E-state index in [-0.39, 0.29) is 32.7 Å². The summed E-state index contributed by atoms with van der Waals surface area (Å²) >= 11 is 0. The molecule has 12 rings (SSSR count). The highest BCUT2D eigenvalue weighted by atomic mass is 16.3. The Labute approximate surface area is 350 Å². The topological polar surface area (TPSA) is 13.1 Å². The lowest BCUT2D eigenvalue weighted by molar-refractivity contribution is 0.670. The van der Waals surface area contributed by atoms with E-state index in [9.17, 15) is 6.85 Å². The molecule has 0 spiro atoms. The van der Waals surface area contributed by atoms with E-state index in [1.54, 1.807) is 12.1 Å². The van der Waals surface area contributed by atoms with Crippen molar-refractivity contribution >= 4 is 75.8 Å². The minimum atomic E-state index is -0.762. The monoisotopic (exact) mass is 737 g/mol. The second kappa shape index (κ2) is 12.5. The Balaban J connectivity index is 1.17. The first-order valence-electron chi connectivity index (χ1n) is 25.9. The average molecular weight is 738 g/mol. The van der Waals surface area contributed by atoms with Crippen LogP contribution in [0.4, 0.5) is 0 Å². The summed E-state index contributed by atoms with van der Waals surface area (Å²) in [5.41, 5.74) is 4.44. The van der Waals surface area contributed by atoms with E-state index in [0.29, 0.717) is 21.9 Å². The number of benzene rings is 11. The van der Waals surface area contributed by atoms with Crippen molar-refractivity contribution in [1.29, 1.82) is 0 Å². The van der Waals surface area contributed by atoms with Gasteiger partial charge in [0, 0.05) is 16.3 Å². The zero-order chi connectivity index (χ0) is 50.5. The summed E-state index contributed by atoms with van der Waals surface area (Å²) in [5.74, 6) is 0. The fourth-order valence-electron chi connectivity index (χ4n) is 8.46. The average Bonchev–Trinajstić information content (AvgIpc) is 3.78. The van der Waals surface area contributed by atoms with Gasteiger partial charge in [-0.3, -0.25) is 0 Å². The molecule has 0 unspecified atom stereocenters. The predicted molar refractivity (Wildman–Crippen MR) is 243 cm³/mol. The van der Waals surface area contributed by atoms with Crippen LogP contribution < -0.4 is 0 Å². The zero-order valence-electron chi connectivity index (χ0n) is 44.9. The Bertz CT molecular complexity index is 4370. The number of fused-ring (bicyclic) bond motifs is 8. The fourth-order valence-corrected chi connectivity index (χ4v) is 8.46. The van der Waals surface area contributed by atoms with E-state index in [1.807, 2.05) is 72.8 Å². The molecule has 0 atom stereocenters. The van der Waals surface area contributed by atoms with Gasteiger partial charge < -0.3 is 4.42 Å². The quantitative estimate of drug-likeness (QED) is 0.164. The van der Waals surface area contributed by atoms with Crippen LogP contribution in [0.5, 0.6) is 0 Å². The maximum atomic E-state index is 9.59. The summed E-state index contributed by atoms with van der Waals surface area (Å²) in [5, 5.41) is 3.50. The van der Waals surface area contributed by atoms with Crippen LogP contribution in [0.2, 0.25) is 0 Å². The highest BCUT2D eigenvalue weighted by molar-refractivity contribution is 6.26. The van der Waals surface area contributed by atoms with Gasteiger partial charge in [-0.25, -0.2) is 0 Å². The molecule has 1 nitrogen and oxygen atoms in total. The first kappa shape index (κ1) is 20.4. The molecule has 0 aliphatic carbocycles. The lowest BCUT2D eigenvalue weighted by Crippen LogP contribution is -1.93. The fraction of sp³-hybridized carbons (Fsp3) is 0. The van der Waals surface area contributed by atoms with Gasteiger partial charge in [0.05, 0.1) is 20.6 Å². The molecule has 1 heteroatoms. The lowest BCUT2D eigenvalue weighted by Gasteiger charge is -2.20. The summed E-state index contributed by atoms with van der Waals surface area (Å²) in [7, 11) is 0. The summed E-state index contributed by atoms with van der Waals surface area (Å²) in [6.45, 7) is 0. The van der Waals surface area contributed by atoms with Gasteiger partial charge in [0.15, 0.2) is 0 Å². The summed E-state index contributed by atoms with van der Waals surface area (Å²) < 4.78 is 143. The van der Waals surface area contributed by atoms with Crippen LogP contribution in [0.25, 0.3) is 120 Å². The van der Waals surface area contributed by atoms with Crippen molar-refractivity contribution in [3.05, 3.63) is 206 Å². The Morgan fingerprint density at radius 1 is 0.316 bits per heavy atom. The molecule has 0 N–H and O–H groups in total. The van der Waals surface area contributed by atoms with Crippen LogP contribution in [0.15, 0.2) is 210 Å². The molecule has 11 aromatic carbocycles. The van der Waals surface area contributed by atoms with Crippen molar-refractivity contribution in [2.45, 2.75) is 0 Å². The van der Waals surface area contributed by atoms with Crippen molar-refractivity contribution in [2.75, 3.05) is 0 Å². The zero-order valence-corrected chi connectivity index (χ0v) is 29.9. The lowest BCUT2D eigenvalue weighted by atomic mass is 9.83. The van der Waals surface area contributed by atoms with Gasteiger partial charge >= 0.3 is 0 Å². The minimum Gasteiger partial charge on any atom is -0.455 e. The first-order chi connectivity index (χ1) is 34.5. The molecule has 57 heavy (non-hydrogen) atoms. The maximum absolute atomic E-state index is 9.59. The Morgan fingerprint density at radius 3 is 1.67 bits per heavy atom. The Morgan fingerprint density at radius 2 is 0.895 bits per heavy atom. The normalized spacial score (nSPS) is 15.5. The van der Waals surface area contributed by atoms with Gasteiger partial charge in [0.25, 0.3) is 0 Å². The molecule has 0 saturated carbocycles. The number of rotatable bonds is 4. The molecule has 0 amide bonds. The van der Waals surface area contributed by atoms with Crippen LogP contribution in [0, 0.1) is 0 Å². The van der Waals surface area contributed by atoms with Crippen LogP contribution in [-0.2, 0) is 0 Å². The molecule has 0 aliphatic heterocycles. The molecular weight excluding hydrogens is 689 g/mol. The molecule has 0 fully saturated rings. The SMILES string of the molecule is [2H]c1c([2H])c([2H])c2c(-c3c4c([2H])c([2H])c([2H])c([2H])c4c(-c4ccc(-c5ccc6c(c5)oc5c(-c7ccc8ccccc8c7)cccc56)c5ccccc45)c4c([2H])c([2H])c([2H])c([2H])c34)c([2H])c([2H])c([2H])c2c1[2H]. The van der Waals surface area contributed by atoms with Crippen LogP contribution >= 0.6 is 0 Å². The third-order valence-corrected chi connectivity index (χ3v) is 11.0. The second-order valence-electron chi connectivity index (χ2n) is 14.0. The number of para-hydroxylation sites is 1. The molecular formula is C56H34O. The van der Waals surface area contributed by atoms with Gasteiger partial charge in [-0.05, 0) is 111 Å². The van der Waals surface area contributed by atoms with E-state index in [0.717, 1.165) is 49.4 Å². The van der Waals surface area contributed by atoms with Gasteiger partial charge in [0.1, 0.15) is 11.2 Å². The third kappa shape index (κ3) is 4.89. The van der Waals surface area contributed by atoms with E-state index < -0.39 is 107 Å². The molecule has 12 aromatic rings. The summed E-state index contributed by atoms with van der Waals surface area (Å²) in [4.78, 5) is 0. The van der Waals surface area contributed by atoms with Crippen molar-refractivity contribution in [1.82, 2.24) is 0 Å². The Hall–Kier alpha value is -7.48. The van der Waals surface area contributed by atoms with Gasteiger partial charge in [-0.2, -0.15) is 0 Å². The van der Waals surface area contributed by atoms with Crippen molar-refractivity contribution < 1.29 is 25.0 Å². The maximum Gasteiger partial charge on any atom is 0.143 e. The third-order valence-electron chi connectivity index (χ3n) is 11.0. The van der Waals surface area contributed by atoms with Crippen molar-refractivity contribution in [3.63, 3.8) is 0 Å². The summed E-state index contributed by atoms with van der Waals surface area (Å²) in [6.07, 6.45) is 0. The van der Waals surface area contributed by atoms with Crippen LogP contribution in [-0.4, -0.2) is 0 Å². The number of furan rings is 1. The van der Waals surface area contributed by atoms with Gasteiger partial charge in [-0.1, -0.05) is 188 Å². The molecule has 0 bridgehead atoms. The van der Waals surface area contributed by atoms with Crippen molar-refractivity contribution in [2.24, 2.45) is 0 Å². The smallest absolute Gasteiger partial charge is 0.143 e. The van der Waals surface area contributed by atoms with Crippen molar-refractivity contribution in [3.8, 4) is 44.5 Å². The largest absolute Gasteiger partial charge is 0.455 e. The molecule has 1 aromatic heterocycles. The van der Waals surface area contributed by atoms with E-state index in [2.05, 4.69) is 30.3 Å². The standard InChI is InChI=1S/C56H34O/c1-2-15-37-33-38(28-27-35(37)13-1)42-24-12-26-52-45-30-29-39(34-53(45)57-56(42)52)41-31-32-51(44-19-6-5-18-43(41)44)55-49-22-9-7-20-47(49)54(48-21-8-10-23-50(48)55)46-25-11-16-36-14-3-4-17-40(36)46/h1-34H/i3D,4D,7D,8D,9D,10D,11D,14D,16D,17D,20D,21D,22D,23D,25D. The molecule has 0 radical (unpaired) electrons. The van der Waals surface area contributed by atoms with Gasteiger partial charge in [-0.15, -0.1) is 0 Å². The van der Waals surface area contributed by atoms with E-state index >= 15 is 0 Å². The molecule has 1 heterocycles. The highest BCUT2D eigenvalue weighted by Gasteiger charge is 2.20. The first-order valence-corrected chi connectivity index (χ1v) is 18.4. The van der Waals surface area contributed by atoms with Crippen LogP contribution in [0.3, 0.4) is 0 Å². The predicted octanol–water partition coefficient (Wildman–Crippen LogP) is 16.0. The van der Waals surface area contributed by atoms with E-state index in [4.69, 9.17) is 18.1 Å². The molecule has 264 valence electrons. The minimum absolute atomic E-state index is 0.0282. The van der Waals surface area contributed by atoms with E-state index in [1.165, 1.54) is 0 Å². The number of hydrogen-bond donors (Lipinski definition) is 0. The highest BCUT2D eigenvalue weighted by Crippen LogP contribution is 2.48. The molecule has 0 saturated heterocycles.